The maximum absolute atomic E-state index is 14.3. The van der Waals surface area contributed by atoms with Crippen molar-refractivity contribution < 1.29 is 26.7 Å². The third-order valence-electron chi connectivity index (χ3n) is 7.21. The van der Waals surface area contributed by atoms with Gasteiger partial charge in [0, 0.05) is 41.9 Å². The number of nitrogens with one attached hydrogen (secondary N) is 1. The highest BCUT2D eigenvalue weighted by atomic mass is 35.5. The lowest BCUT2D eigenvalue weighted by molar-refractivity contribution is 0.0773. The number of pyridine rings is 2. The molecule has 13 heteroatoms. The molecule has 0 aliphatic carbocycles. The number of aromatic nitrogens is 2. The minimum absolute atomic E-state index is 0.0519. The zero-order valence-corrected chi connectivity index (χ0v) is 26.0. The van der Waals surface area contributed by atoms with Gasteiger partial charge in [0.2, 0.25) is 5.88 Å². The van der Waals surface area contributed by atoms with Gasteiger partial charge >= 0.3 is 0 Å². The average Bonchev–Trinajstić information content (AvgIpc) is 3.00. The van der Waals surface area contributed by atoms with Gasteiger partial charge < -0.3 is 15.4 Å². The maximum atomic E-state index is 14.3. The second kappa shape index (κ2) is 12.7. The molecule has 0 aliphatic heterocycles. The Bertz CT molecular complexity index is 2060. The predicted octanol–water partition coefficient (Wildman–Crippen LogP) is 6.77. The molecule has 0 atom stereocenters. The topological polar surface area (TPSA) is 128 Å². The summed E-state index contributed by atoms with van der Waals surface area (Å²) < 4.78 is 61.1. The molecule has 2 aromatic heterocycles. The lowest BCUT2D eigenvalue weighted by Crippen LogP contribution is -2.30. The number of methoxy groups -OCH3 is 1. The van der Waals surface area contributed by atoms with Crippen LogP contribution in [0.15, 0.2) is 77.8 Å². The molecular weight excluding hydrogens is 624 g/mol. The van der Waals surface area contributed by atoms with Crippen molar-refractivity contribution in [2.24, 2.45) is 0 Å². The Morgan fingerprint density at radius 3 is 2.38 bits per heavy atom. The standard InChI is InChI=1S/C32H28ClF2N5O4S/c1-4-40(5-2)32(41)23-9-6-19(14-25(23)33)24-13-20-12-18(7-10-27(20)38-30(24)36)21-15-28(31(44-3)37-17-21)39-45(42,43)29-11-8-22(34)16-26(29)35/h6-17,39H,4-5H2,1-3H3,(H2,36,38). The lowest BCUT2D eigenvalue weighted by atomic mass is 9.99. The zero-order valence-electron chi connectivity index (χ0n) is 24.4. The fourth-order valence-corrected chi connectivity index (χ4v) is 6.25. The number of carbonyl (C=O) groups is 1. The highest BCUT2D eigenvalue weighted by molar-refractivity contribution is 7.92. The quantitative estimate of drug-likeness (QED) is 0.180. The van der Waals surface area contributed by atoms with Crippen LogP contribution < -0.4 is 15.2 Å². The summed E-state index contributed by atoms with van der Waals surface area (Å²) in [4.78, 5) is 22.6. The van der Waals surface area contributed by atoms with Crippen LogP contribution in [0, 0.1) is 11.6 Å². The predicted molar refractivity (Wildman–Crippen MR) is 171 cm³/mol. The third kappa shape index (κ3) is 6.38. The molecule has 5 rings (SSSR count). The van der Waals surface area contributed by atoms with Gasteiger partial charge in [-0.3, -0.25) is 9.52 Å². The number of nitrogens with zero attached hydrogens (tertiary/aromatic N) is 3. The SMILES string of the molecule is CCN(CC)C(=O)c1ccc(-c2cc3cc(-c4cnc(OC)c(NS(=O)(=O)c5ccc(F)cc5F)c4)ccc3nc2N)cc1Cl. The Kier molecular flexibility index (Phi) is 8.89. The van der Waals surface area contributed by atoms with Gasteiger partial charge in [-0.25, -0.2) is 27.2 Å². The number of fused-ring (bicyclic) bond motifs is 1. The fourth-order valence-electron chi connectivity index (χ4n) is 4.88. The third-order valence-corrected chi connectivity index (χ3v) is 8.92. The molecule has 0 fully saturated rings. The molecule has 9 nitrogen and oxygen atoms in total. The van der Waals surface area contributed by atoms with Gasteiger partial charge in [-0.05, 0) is 73.5 Å². The summed E-state index contributed by atoms with van der Waals surface area (Å²) >= 11 is 6.54. The molecule has 2 heterocycles. The Morgan fingerprint density at radius 1 is 0.978 bits per heavy atom. The number of amides is 1. The van der Waals surface area contributed by atoms with E-state index in [4.69, 9.17) is 22.1 Å². The van der Waals surface area contributed by atoms with Gasteiger partial charge in [0.05, 0.1) is 23.2 Å². The number of anilines is 2. The van der Waals surface area contributed by atoms with Crippen LogP contribution in [0.1, 0.15) is 24.2 Å². The Labute approximate surface area is 263 Å². The van der Waals surface area contributed by atoms with Crippen LogP contribution in [0.2, 0.25) is 5.02 Å². The number of sulfonamides is 1. The maximum Gasteiger partial charge on any atom is 0.264 e. The van der Waals surface area contributed by atoms with E-state index >= 15 is 0 Å². The highest BCUT2D eigenvalue weighted by Crippen LogP contribution is 2.35. The number of nitrogens with two attached hydrogens (primary N) is 1. The van der Waals surface area contributed by atoms with Crippen LogP contribution in [0.4, 0.5) is 20.3 Å². The van der Waals surface area contributed by atoms with Crippen molar-refractivity contribution in [3.63, 3.8) is 0 Å². The van der Waals surface area contributed by atoms with Gasteiger partial charge in [0.1, 0.15) is 28.0 Å². The molecule has 45 heavy (non-hydrogen) atoms. The van der Waals surface area contributed by atoms with Crippen molar-refractivity contribution in [1.82, 2.24) is 14.9 Å². The van der Waals surface area contributed by atoms with E-state index in [-0.39, 0.29) is 28.3 Å². The summed E-state index contributed by atoms with van der Waals surface area (Å²) in [6.07, 6.45) is 1.49. The van der Waals surface area contributed by atoms with Gasteiger partial charge in [0.15, 0.2) is 0 Å². The van der Waals surface area contributed by atoms with E-state index < -0.39 is 26.6 Å². The first-order valence-electron chi connectivity index (χ1n) is 13.8. The zero-order chi connectivity index (χ0) is 32.5. The van der Waals surface area contributed by atoms with Gasteiger partial charge in [-0.1, -0.05) is 23.7 Å². The van der Waals surface area contributed by atoms with Crippen molar-refractivity contribution in [3.8, 4) is 28.1 Å². The summed E-state index contributed by atoms with van der Waals surface area (Å²) in [5, 5.41) is 1.000. The minimum atomic E-state index is -4.46. The number of ether oxygens (including phenoxy) is 1. The molecular formula is C32H28ClF2N5O4S. The Hall–Kier alpha value is -4.81. The lowest BCUT2D eigenvalue weighted by Gasteiger charge is -2.19. The molecule has 0 unspecified atom stereocenters. The van der Waals surface area contributed by atoms with Crippen LogP contribution in [-0.4, -0.2) is 49.4 Å². The van der Waals surface area contributed by atoms with E-state index in [9.17, 15) is 22.0 Å². The molecule has 0 saturated heterocycles. The largest absolute Gasteiger partial charge is 0.480 e. The number of halogens is 3. The minimum Gasteiger partial charge on any atom is -0.480 e. The van der Waals surface area contributed by atoms with E-state index in [0.29, 0.717) is 57.9 Å². The Morgan fingerprint density at radius 2 is 1.71 bits per heavy atom. The summed E-state index contributed by atoms with van der Waals surface area (Å²) in [6, 6.07) is 16.0. The van der Waals surface area contributed by atoms with Crippen LogP contribution in [0.25, 0.3) is 33.2 Å². The van der Waals surface area contributed by atoms with Crippen molar-refractivity contribution in [2.75, 3.05) is 30.7 Å². The van der Waals surface area contributed by atoms with Gasteiger partial charge in [-0.15, -0.1) is 0 Å². The first kappa shape index (κ1) is 31.6. The molecule has 5 aromatic rings. The monoisotopic (exact) mass is 651 g/mol. The van der Waals surface area contributed by atoms with Crippen molar-refractivity contribution >= 4 is 49.9 Å². The smallest absolute Gasteiger partial charge is 0.264 e. The number of rotatable bonds is 9. The fraction of sp³-hybridized carbons (Fsp3) is 0.156. The second-order valence-corrected chi connectivity index (χ2v) is 12.0. The van der Waals surface area contributed by atoms with Crippen LogP contribution in [0.3, 0.4) is 0 Å². The number of carbonyl (C=O) groups excluding carboxylic acids is 1. The van der Waals surface area contributed by atoms with E-state index in [0.717, 1.165) is 12.1 Å². The van der Waals surface area contributed by atoms with Gasteiger partial charge in [-0.2, -0.15) is 0 Å². The molecule has 0 aliphatic rings. The van der Waals surface area contributed by atoms with Crippen molar-refractivity contribution in [2.45, 2.75) is 18.7 Å². The van der Waals surface area contributed by atoms with E-state index in [1.165, 1.54) is 19.4 Å². The molecule has 0 bridgehead atoms. The first-order valence-corrected chi connectivity index (χ1v) is 15.6. The molecule has 0 saturated carbocycles. The number of benzene rings is 3. The van der Waals surface area contributed by atoms with E-state index in [1.807, 2.05) is 26.0 Å². The molecule has 232 valence electrons. The molecule has 3 N–H and O–H groups in total. The molecule has 3 aromatic carbocycles. The highest BCUT2D eigenvalue weighted by Gasteiger charge is 2.23. The average molecular weight is 652 g/mol. The summed E-state index contributed by atoms with van der Waals surface area (Å²) in [6.45, 7) is 4.91. The first-order chi connectivity index (χ1) is 21.4. The number of hydrogen-bond acceptors (Lipinski definition) is 7. The Balaban J connectivity index is 1.51. The van der Waals surface area contributed by atoms with Crippen LogP contribution >= 0.6 is 11.6 Å². The van der Waals surface area contributed by atoms with Crippen molar-refractivity contribution in [1.29, 1.82) is 0 Å². The number of hydrogen-bond donors (Lipinski definition) is 2. The van der Waals surface area contributed by atoms with E-state index in [2.05, 4.69) is 14.7 Å². The van der Waals surface area contributed by atoms with Crippen LogP contribution in [0.5, 0.6) is 5.88 Å². The summed E-state index contributed by atoms with van der Waals surface area (Å²) in [7, 11) is -3.15. The summed E-state index contributed by atoms with van der Waals surface area (Å²) in [5.74, 6) is -2.10. The summed E-state index contributed by atoms with van der Waals surface area (Å²) in [5.41, 5.74) is 9.70. The molecule has 0 spiro atoms. The normalized spacial score (nSPS) is 11.4. The molecule has 1 amide bonds. The van der Waals surface area contributed by atoms with Crippen molar-refractivity contribution in [3.05, 3.63) is 95.1 Å². The molecule has 0 radical (unpaired) electrons. The van der Waals surface area contributed by atoms with Gasteiger partial charge in [0.25, 0.3) is 15.9 Å². The van der Waals surface area contributed by atoms with E-state index in [1.54, 1.807) is 35.2 Å². The van der Waals surface area contributed by atoms with Crippen LogP contribution in [-0.2, 0) is 10.0 Å². The second-order valence-electron chi connectivity index (χ2n) is 9.96. The number of nitrogen functional groups attached to an aromatic ring is 1.